The van der Waals surface area contributed by atoms with Gasteiger partial charge in [-0.15, -0.1) is 5.10 Å². The number of aromatic amines is 1. The Balaban J connectivity index is 1.71. The zero-order valence-corrected chi connectivity index (χ0v) is 10.7. The molecule has 20 heavy (non-hydrogen) atoms. The third-order valence-electron chi connectivity index (χ3n) is 3.42. The third kappa shape index (κ3) is 2.44. The molecule has 8 nitrogen and oxygen atoms in total. The molecule has 8 heteroatoms. The van der Waals surface area contributed by atoms with Gasteiger partial charge in [-0.3, -0.25) is 5.10 Å². The predicted molar refractivity (Wildman–Crippen MR) is 69.0 cm³/mol. The largest absolute Gasteiger partial charge is 0.465 e. The lowest BCUT2D eigenvalue weighted by Crippen LogP contribution is -2.37. The highest BCUT2D eigenvalue weighted by Crippen LogP contribution is 2.26. The standard InChI is InChI=1S/C12H14N6O2/c19-12(20)18-6-2-8(3-7-18)9-15-11(17-16-9)10-13-4-1-5-14-10/h1,4-5,8H,2-3,6-7H2,(H,19,20)(H,15,16,17). The Morgan fingerprint density at radius 3 is 2.60 bits per heavy atom. The number of hydrogen-bond acceptors (Lipinski definition) is 5. The van der Waals surface area contributed by atoms with Gasteiger partial charge >= 0.3 is 6.09 Å². The minimum Gasteiger partial charge on any atom is -0.465 e. The van der Waals surface area contributed by atoms with E-state index in [0.29, 0.717) is 24.7 Å². The van der Waals surface area contributed by atoms with E-state index in [4.69, 9.17) is 5.11 Å². The summed E-state index contributed by atoms with van der Waals surface area (Å²) in [5.41, 5.74) is 0. The molecule has 0 saturated carbocycles. The van der Waals surface area contributed by atoms with Gasteiger partial charge in [-0.1, -0.05) is 0 Å². The summed E-state index contributed by atoms with van der Waals surface area (Å²) in [4.78, 5) is 24.9. The van der Waals surface area contributed by atoms with E-state index >= 15 is 0 Å². The zero-order chi connectivity index (χ0) is 13.9. The summed E-state index contributed by atoms with van der Waals surface area (Å²) in [7, 11) is 0. The zero-order valence-electron chi connectivity index (χ0n) is 10.7. The Bertz CT molecular complexity index is 591. The summed E-state index contributed by atoms with van der Waals surface area (Å²) in [6.07, 6.45) is 3.92. The molecule has 0 bridgehead atoms. The average Bonchev–Trinajstić information content (AvgIpc) is 2.98. The van der Waals surface area contributed by atoms with Crippen LogP contribution in [0.3, 0.4) is 0 Å². The number of carboxylic acid groups (broad SMARTS) is 1. The van der Waals surface area contributed by atoms with Crippen LogP contribution in [0.25, 0.3) is 11.6 Å². The van der Waals surface area contributed by atoms with Gasteiger partial charge in [-0.25, -0.2) is 19.7 Å². The first kappa shape index (κ1) is 12.5. The minimum absolute atomic E-state index is 0.204. The van der Waals surface area contributed by atoms with Gasteiger partial charge in [0.05, 0.1) is 0 Å². The first-order valence-corrected chi connectivity index (χ1v) is 6.41. The Morgan fingerprint density at radius 1 is 1.25 bits per heavy atom. The summed E-state index contributed by atoms with van der Waals surface area (Å²) < 4.78 is 0. The summed E-state index contributed by atoms with van der Waals surface area (Å²) >= 11 is 0. The van der Waals surface area contributed by atoms with E-state index in [2.05, 4.69) is 25.1 Å². The van der Waals surface area contributed by atoms with E-state index in [9.17, 15) is 4.79 Å². The molecule has 3 rings (SSSR count). The molecule has 104 valence electrons. The van der Waals surface area contributed by atoms with E-state index in [1.165, 1.54) is 4.90 Å². The SMILES string of the molecule is O=C(O)N1CCC(c2nc(-c3ncccn3)n[nH]2)CC1. The molecular formula is C12H14N6O2. The van der Waals surface area contributed by atoms with Crippen molar-refractivity contribution in [3.05, 3.63) is 24.3 Å². The average molecular weight is 274 g/mol. The first-order chi connectivity index (χ1) is 9.74. The number of amides is 1. The number of aromatic nitrogens is 5. The summed E-state index contributed by atoms with van der Waals surface area (Å²) in [6.45, 7) is 1.05. The number of likely N-dealkylation sites (tertiary alicyclic amines) is 1. The quantitative estimate of drug-likeness (QED) is 0.849. The maximum Gasteiger partial charge on any atom is 0.407 e. The molecule has 0 aliphatic carbocycles. The second-order valence-corrected chi connectivity index (χ2v) is 4.66. The van der Waals surface area contributed by atoms with Crippen molar-refractivity contribution in [2.75, 3.05) is 13.1 Å². The third-order valence-corrected chi connectivity index (χ3v) is 3.42. The Hall–Kier alpha value is -2.51. The number of rotatable bonds is 2. The smallest absolute Gasteiger partial charge is 0.407 e. The van der Waals surface area contributed by atoms with Crippen LogP contribution < -0.4 is 0 Å². The second-order valence-electron chi connectivity index (χ2n) is 4.66. The predicted octanol–water partition coefficient (Wildman–Crippen LogP) is 1.12. The summed E-state index contributed by atoms with van der Waals surface area (Å²) in [5, 5.41) is 16.0. The van der Waals surface area contributed by atoms with Gasteiger partial charge in [-0.2, -0.15) is 0 Å². The molecule has 1 aliphatic heterocycles. The van der Waals surface area contributed by atoms with Gasteiger partial charge in [0.15, 0.2) is 5.82 Å². The fourth-order valence-corrected chi connectivity index (χ4v) is 2.32. The highest BCUT2D eigenvalue weighted by Gasteiger charge is 2.25. The summed E-state index contributed by atoms with van der Waals surface area (Å²) in [5.74, 6) is 1.94. The highest BCUT2D eigenvalue weighted by molar-refractivity contribution is 5.65. The van der Waals surface area contributed by atoms with Crippen LogP contribution in [0.4, 0.5) is 4.79 Å². The van der Waals surface area contributed by atoms with Gasteiger partial charge in [0.25, 0.3) is 0 Å². The number of H-pyrrole nitrogens is 1. The van der Waals surface area contributed by atoms with Crippen LogP contribution in [0.15, 0.2) is 18.5 Å². The molecule has 2 aromatic heterocycles. The molecular weight excluding hydrogens is 260 g/mol. The normalized spacial score (nSPS) is 16.3. The molecule has 0 radical (unpaired) electrons. The van der Waals surface area contributed by atoms with Crippen LogP contribution >= 0.6 is 0 Å². The van der Waals surface area contributed by atoms with Crippen molar-refractivity contribution in [2.45, 2.75) is 18.8 Å². The molecule has 3 heterocycles. The van der Waals surface area contributed by atoms with E-state index in [1.807, 2.05) is 0 Å². The van der Waals surface area contributed by atoms with Crippen LogP contribution in [-0.2, 0) is 0 Å². The van der Waals surface area contributed by atoms with Crippen molar-refractivity contribution in [1.82, 2.24) is 30.0 Å². The van der Waals surface area contributed by atoms with Crippen LogP contribution in [0.2, 0.25) is 0 Å². The van der Waals surface area contributed by atoms with E-state index < -0.39 is 6.09 Å². The number of hydrogen-bond donors (Lipinski definition) is 2. The van der Waals surface area contributed by atoms with Crippen molar-refractivity contribution in [2.24, 2.45) is 0 Å². The van der Waals surface area contributed by atoms with Gasteiger partial charge in [0.1, 0.15) is 5.82 Å². The number of carbonyl (C=O) groups is 1. The maximum absolute atomic E-state index is 10.9. The van der Waals surface area contributed by atoms with Gasteiger partial charge < -0.3 is 10.0 Å². The van der Waals surface area contributed by atoms with Gasteiger partial charge in [-0.05, 0) is 18.9 Å². The van der Waals surface area contributed by atoms with Crippen molar-refractivity contribution in [1.29, 1.82) is 0 Å². The molecule has 1 fully saturated rings. The lowest BCUT2D eigenvalue weighted by Gasteiger charge is -2.28. The van der Waals surface area contributed by atoms with Crippen LogP contribution in [0.1, 0.15) is 24.6 Å². The number of piperidine rings is 1. The van der Waals surface area contributed by atoms with Crippen molar-refractivity contribution in [3.8, 4) is 11.6 Å². The lowest BCUT2D eigenvalue weighted by molar-refractivity contribution is 0.131. The lowest BCUT2D eigenvalue weighted by atomic mass is 9.96. The fourth-order valence-electron chi connectivity index (χ4n) is 2.32. The van der Waals surface area contributed by atoms with E-state index in [0.717, 1.165) is 18.7 Å². The molecule has 2 N–H and O–H groups in total. The molecule has 0 atom stereocenters. The van der Waals surface area contributed by atoms with Crippen LogP contribution in [0.5, 0.6) is 0 Å². The molecule has 0 spiro atoms. The monoisotopic (exact) mass is 274 g/mol. The Kier molecular flexibility index (Phi) is 3.28. The van der Waals surface area contributed by atoms with Gasteiger partial charge in [0.2, 0.25) is 5.82 Å². The molecule has 0 aromatic carbocycles. The van der Waals surface area contributed by atoms with Crippen LogP contribution in [0, 0.1) is 0 Å². The topological polar surface area (TPSA) is 108 Å². The van der Waals surface area contributed by atoms with Crippen molar-refractivity contribution >= 4 is 6.09 Å². The molecule has 0 unspecified atom stereocenters. The minimum atomic E-state index is -0.862. The first-order valence-electron chi connectivity index (χ1n) is 6.41. The van der Waals surface area contributed by atoms with Crippen molar-refractivity contribution < 1.29 is 9.90 Å². The second kappa shape index (κ2) is 5.24. The molecule has 1 saturated heterocycles. The number of nitrogens with zero attached hydrogens (tertiary/aromatic N) is 5. The summed E-state index contributed by atoms with van der Waals surface area (Å²) in [6, 6.07) is 1.73. The van der Waals surface area contributed by atoms with Crippen molar-refractivity contribution in [3.63, 3.8) is 0 Å². The van der Waals surface area contributed by atoms with Crippen LogP contribution in [-0.4, -0.2) is 54.3 Å². The van der Waals surface area contributed by atoms with E-state index in [-0.39, 0.29) is 5.92 Å². The molecule has 1 aliphatic rings. The molecule has 2 aromatic rings. The Labute approximate surface area is 114 Å². The van der Waals surface area contributed by atoms with Gasteiger partial charge in [0, 0.05) is 31.4 Å². The number of nitrogens with one attached hydrogen (secondary N) is 1. The highest BCUT2D eigenvalue weighted by atomic mass is 16.4. The van der Waals surface area contributed by atoms with E-state index in [1.54, 1.807) is 18.5 Å². The molecule has 1 amide bonds. The Morgan fingerprint density at radius 2 is 1.95 bits per heavy atom. The fraction of sp³-hybridized carbons (Fsp3) is 0.417. The maximum atomic E-state index is 10.9.